The number of hydrogen-bond donors (Lipinski definition) is 2. The van der Waals surface area contributed by atoms with Crippen molar-refractivity contribution in [2.75, 3.05) is 6.26 Å². The molecule has 0 aliphatic heterocycles. The van der Waals surface area contributed by atoms with Gasteiger partial charge in [-0.2, -0.15) is 0 Å². The van der Waals surface area contributed by atoms with Gasteiger partial charge in [0.25, 0.3) is 0 Å². The van der Waals surface area contributed by atoms with Crippen LogP contribution in [0.2, 0.25) is 0 Å². The van der Waals surface area contributed by atoms with Crippen molar-refractivity contribution < 1.29 is 33.9 Å². The van der Waals surface area contributed by atoms with Gasteiger partial charge in [0.1, 0.15) is 0 Å². The Bertz CT molecular complexity index is 216. The fraction of sp³-hybridized carbons (Fsp3) is 0.667. The van der Waals surface area contributed by atoms with E-state index in [4.69, 9.17) is 10.2 Å². The second-order valence-corrected chi connectivity index (χ2v) is 5.42. The number of aliphatic hydroxyl groups is 1. The van der Waals surface area contributed by atoms with Crippen molar-refractivity contribution in [3.8, 4) is 0 Å². The predicted molar refractivity (Wildman–Crippen MR) is 41.4 cm³/mol. The summed E-state index contributed by atoms with van der Waals surface area (Å²) in [7, 11) is -0.700. The Hall–Kier alpha value is -0.0435. The van der Waals surface area contributed by atoms with Gasteiger partial charge in [-0.3, -0.25) is 0 Å². The molecule has 0 saturated heterocycles. The number of carbonyl (C=O) groups is 2. The van der Waals surface area contributed by atoms with E-state index in [1.54, 1.807) is 6.26 Å². The van der Waals surface area contributed by atoms with E-state index in [1.165, 1.54) is 0 Å². The third-order valence-corrected chi connectivity index (χ3v) is 2.60. The topological polar surface area (TPSA) is 74.6 Å². The van der Waals surface area contributed by atoms with Crippen molar-refractivity contribution in [1.82, 2.24) is 0 Å². The van der Waals surface area contributed by atoms with Crippen LogP contribution in [-0.4, -0.2) is 33.7 Å². The quantitative estimate of drug-likeness (QED) is 0.727. The van der Waals surface area contributed by atoms with Crippen LogP contribution in [-0.2, 0) is 23.7 Å². The van der Waals surface area contributed by atoms with Crippen molar-refractivity contribution in [3.63, 3.8) is 0 Å². The van der Waals surface area contributed by atoms with Gasteiger partial charge >= 0.3 is 79.1 Å². The molecule has 12 heavy (non-hydrogen) atoms. The van der Waals surface area contributed by atoms with E-state index in [-0.39, 0.29) is 11.5 Å². The Labute approximate surface area is 79.4 Å². The van der Waals surface area contributed by atoms with E-state index in [2.05, 4.69) is 14.1 Å². The Kier molecular flexibility index (Phi) is 5.56. The number of carboxylic acids is 1. The van der Waals surface area contributed by atoms with Crippen LogP contribution in [0, 0.1) is 0 Å². The molecule has 6 heteroatoms. The van der Waals surface area contributed by atoms with Crippen molar-refractivity contribution >= 4 is 20.0 Å². The van der Waals surface area contributed by atoms with Crippen molar-refractivity contribution in [2.24, 2.45) is 0 Å². The first-order chi connectivity index (χ1) is 5.43. The van der Waals surface area contributed by atoms with Crippen LogP contribution >= 0.6 is 8.87 Å². The molecule has 0 fully saturated rings. The van der Waals surface area contributed by atoms with Crippen LogP contribution in [0.3, 0.4) is 0 Å². The van der Waals surface area contributed by atoms with Gasteiger partial charge in [-0.1, -0.05) is 0 Å². The van der Waals surface area contributed by atoms with Crippen molar-refractivity contribution in [3.05, 3.63) is 0 Å². The standard InChI is InChI=1S/C6H10O4S.Co/c1-11-6(10)3-4(7)2-5(8)9;/h4,7H,2-3H2,1H3,(H,8,9);. The number of aliphatic carboxylic acids is 1. The second kappa shape index (κ2) is 5.58. The maximum atomic E-state index is 10.9. The molecule has 2 unspecified atom stereocenters. The van der Waals surface area contributed by atoms with Crippen LogP contribution in [0.25, 0.3) is 0 Å². The molecule has 73 valence electrons. The molecular weight excluding hydrogens is 227 g/mol. The average molecular weight is 237 g/mol. The molecule has 0 aromatic rings. The molecule has 0 rings (SSSR count). The zero-order valence-electron chi connectivity index (χ0n) is 6.44. The average Bonchev–Trinajstić information content (AvgIpc) is 1.84. The van der Waals surface area contributed by atoms with Crippen molar-refractivity contribution in [1.29, 1.82) is 0 Å². The minimum absolute atomic E-state index is 0.131. The van der Waals surface area contributed by atoms with Gasteiger partial charge in [0.2, 0.25) is 0 Å². The van der Waals surface area contributed by atoms with Crippen molar-refractivity contribution in [2.45, 2.75) is 18.9 Å². The molecule has 0 amide bonds. The van der Waals surface area contributed by atoms with Gasteiger partial charge < -0.3 is 0 Å². The number of hydrogen-bond acceptors (Lipinski definition) is 3. The van der Waals surface area contributed by atoms with Crippen LogP contribution in [0.4, 0.5) is 0 Å². The predicted octanol–water partition coefficient (Wildman–Crippen LogP) is 0.0992. The summed E-state index contributed by atoms with van der Waals surface area (Å²) in [6.07, 6.45) is -0.00437. The van der Waals surface area contributed by atoms with E-state index < -0.39 is 27.4 Å². The summed E-state index contributed by atoms with van der Waals surface area (Å²) >= 11 is 3.93. The van der Waals surface area contributed by atoms with Gasteiger partial charge in [0.15, 0.2) is 0 Å². The fourth-order valence-corrected chi connectivity index (χ4v) is 1.25. The minimum atomic E-state index is -1.11. The summed E-state index contributed by atoms with van der Waals surface area (Å²) in [5.41, 5.74) is 0. The molecular formula is C6H10CoO4S. The number of aliphatic hydroxyl groups excluding tert-OH is 1. The molecule has 0 aliphatic carbocycles. The summed E-state index contributed by atoms with van der Waals surface area (Å²) in [5, 5.41) is 17.0. The molecule has 0 bridgehead atoms. The van der Waals surface area contributed by atoms with E-state index in [0.29, 0.717) is 0 Å². The number of rotatable bonds is 4. The van der Waals surface area contributed by atoms with Crippen LogP contribution in [0.15, 0.2) is 0 Å². The summed E-state index contributed by atoms with van der Waals surface area (Å²) in [4.78, 5) is 21.0. The second-order valence-electron chi connectivity index (χ2n) is 2.24. The van der Waals surface area contributed by atoms with Gasteiger partial charge in [-0.15, -0.1) is 0 Å². The first kappa shape index (κ1) is 12.0. The van der Waals surface area contributed by atoms with Crippen LogP contribution in [0.5, 0.6) is 0 Å². The Morgan fingerprint density at radius 2 is 2.00 bits per heavy atom. The van der Waals surface area contributed by atoms with Crippen LogP contribution in [0.1, 0.15) is 12.8 Å². The van der Waals surface area contributed by atoms with E-state index in [1.807, 2.05) is 0 Å². The summed E-state index contributed by atoms with van der Waals surface area (Å²) in [6.45, 7) is 0. The van der Waals surface area contributed by atoms with E-state index in [9.17, 15) is 9.59 Å². The molecule has 0 aromatic carbocycles. The van der Waals surface area contributed by atoms with Gasteiger partial charge in [-0.25, -0.2) is 0 Å². The van der Waals surface area contributed by atoms with E-state index >= 15 is 0 Å². The Balaban J connectivity index is 3.84. The molecule has 0 heterocycles. The summed E-state index contributed by atoms with van der Waals surface area (Å²) < 4.78 is 0. The molecule has 2 N–H and O–H groups in total. The molecule has 0 aliphatic rings. The Morgan fingerprint density at radius 3 is 2.33 bits per heavy atom. The molecule has 0 saturated carbocycles. The monoisotopic (exact) mass is 237 g/mol. The summed E-state index contributed by atoms with van der Waals surface area (Å²) in [6, 6.07) is 0. The molecule has 0 spiro atoms. The van der Waals surface area contributed by atoms with Gasteiger partial charge in [0.05, 0.1) is 0 Å². The zero-order chi connectivity index (χ0) is 9.72. The fourth-order valence-electron chi connectivity index (χ4n) is 0.577. The number of carbonyl (C=O) groups excluding carboxylic acids is 1. The molecule has 0 radical (unpaired) electrons. The number of carboxylic acid groups (broad SMARTS) is 1. The third kappa shape index (κ3) is 5.59. The van der Waals surface area contributed by atoms with E-state index in [0.717, 1.165) is 0 Å². The SMILES string of the molecule is C[S](=[Co])C(=O)CC(O)CC(=O)O. The third-order valence-electron chi connectivity index (χ3n) is 1.12. The normalized spacial score (nSPS) is 15.2. The molecule has 4 nitrogen and oxygen atoms in total. The molecule has 2 atom stereocenters. The maximum absolute atomic E-state index is 10.9. The van der Waals surface area contributed by atoms with Gasteiger partial charge in [0, 0.05) is 0 Å². The van der Waals surface area contributed by atoms with Crippen LogP contribution < -0.4 is 0 Å². The zero-order valence-corrected chi connectivity index (χ0v) is 8.30. The first-order valence-electron chi connectivity index (χ1n) is 3.16. The first-order valence-corrected chi connectivity index (χ1v) is 5.93. The summed E-state index contributed by atoms with van der Waals surface area (Å²) in [5.74, 6) is -1.11. The Morgan fingerprint density at radius 1 is 1.50 bits per heavy atom. The molecule has 0 aromatic heterocycles. The van der Waals surface area contributed by atoms with Gasteiger partial charge in [-0.05, 0) is 0 Å².